The van der Waals surface area contributed by atoms with Gasteiger partial charge >= 0.3 is 0 Å². The summed E-state index contributed by atoms with van der Waals surface area (Å²) in [7, 11) is 0. The number of para-hydroxylation sites is 1. The normalized spacial score (nSPS) is 11.2. The van der Waals surface area contributed by atoms with Crippen LogP contribution in [-0.4, -0.2) is 24.1 Å². The second kappa shape index (κ2) is 7.45. The van der Waals surface area contributed by atoms with Crippen LogP contribution in [0.2, 0.25) is 0 Å². The second-order valence-electron chi connectivity index (χ2n) is 7.26. The Balaban J connectivity index is 1.57. The van der Waals surface area contributed by atoms with Gasteiger partial charge in [-0.3, -0.25) is 0 Å². The zero-order valence-corrected chi connectivity index (χ0v) is 16.7. The van der Waals surface area contributed by atoms with Crippen LogP contribution in [0.1, 0.15) is 24.7 Å². The Hall–Kier alpha value is -3.98. The van der Waals surface area contributed by atoms with E-state index in [0.29, 0.717) is 12.1 Å². The van der Waals surface area contributed by atoms with Crippen LogP contribution in [0.5, 0.6) is 0 Å². The molecule has 0 radical (unpaired) electrons. The Kier molecular flexibility index (Phi) is 4.49. The molecule has 146 valence electrons. The monoisotopic (exact) mass is 392 g/mol. The standard InChI is InChI=1S/C24H20N6/c1-2-12-30-22-10-7-17(15-25)14-21(22)28-23(30)16-29-13-11-26-24(29)20-9-8-18-5-3-4-6-19(18)27-20/h3-11,13-14H,2,12,16H2,1H3. The van der Waals surface area contributed by atoms with Gasteiger partial charge in [-0.15, -0.1) is 0 Å². The maximum absolute atomic E-state index is 9.22. The third-order valence-electron chi connectivity index (χ3n) is 5.26. The number of pyridine rings is 1. The van der Waals surface area contributed by atoms with E-state index >= 15 is 0 Å². The van der Waals surface area contributed by atoms with Crippen LogP contribution in [0.4, 0.5) is 0 Å². The van der Waals surface area contributed by atoms with Gasteiger partial charge in [-0.1, -0.05) is 31.2 Å². The first-order chi connectivity index (χ1) is 14.8. The van der Waals surface area contributed by atoms with Crippen LogP contribution in [0.15, 0.2) is 67.0 Å². The summed E-state index contributed by atoms with van der Waals surface area (Å²) in [5.41, 5.74) is 4.31. The number of rotatable bonds is 5. The number of aryl methyl sites for hydroxylation is 1. The lowest BCUT2D eigenvalue weighted by molar-refractivity contribution is 0.627. The van der Waals surface area contributed by atoms with Crippen molar-refractivity contribution >= 4 is 21.9 Å². The molecule has 6 heteroatoms. The highest BCUT2D eigenvalue weighted by Crippen LogP contribution is 2.23. The fraction of sp³-hybridized carbons (Fsp3) is 0.167. The molecule has 5 rings (SSSR count). The summed E-state index contributed by atoms with van der Waals surface area (Å²) in [5.74, 6) is 1.76. The van der Waals surface area contributed by atoms with Gasteiger partial charge in [0.25, 0.3) is 0 Å². The number of fused-ring (bicyclic) bond motifs is 2. The number of nitriles is 1. The Bertz CT molecular complexity index is 1400. The van der Waals surface area contributed by atoms with Crippen molar-refractivity contribution in [1.82, 2.24) is 24.1 Å². The van der Waals surface area contributed by atoms with Crippen molar-refractivity contribution in [3.8, 4) is 17.6 Å². The second-order valence-corrected chi connectivity index (χ2v) is 7.26. The van der Waals surface area contributed by atoms with Crippen LogP contribution in [0, 0.1) is 11.3 Å². The van der Waals surface area contributed by atoms with E-state index in [1.165, 1.54) is 0 Å². The molecule has 0 bridgehead atoms. The molecule has 30 heavy (non-hydrogen) atoms. The Morgan fingerprint density at radius 1 is 1.00 bits per heavy atom. The molecule has 0 unspecified atom stereocenters. The average Bonchev–Trinajstić information content (AvgIpc) is 3.38. The van der Waals surface area contributed by atoms with Gasteiger partial charge in [-0.05, 0) is 36.8 Å². The number of benzene rings is 2. The van der Waals surface area contributed by atoms with Gasteiger partial charge in [0.2, 0.25) is 0 Å². The molecule has 0 atom stereocenters. The van der Waals surface area contributed by atoms with E-state index in [0.717, 1.165) is 52.2 Å². The van der Waals surface area contributed by atoms with E-state index in [-0.39, 0.29) is 0 Å². The third-order valence-corrected chi connectivity index (χ3v) is 5.26. The number of imidazole rings is 2. The van der Waals surface area contributed by atoms with Crippen molar-refractivity contribution in [2.75, 3.05) is 0 Å². The van der Waals surface area contributed by atoms with Crippen molar-refractivity contribution in [1.29, 1.82) is 5.26 Å². The Labute approximate surface area is 174 Å². The van der Waals surface area contributed by atoms with E-state index in [1.807, 2.05) is 48.7 Å². The topological polar surface area (TPSA) is 72.3 Å². The lowest BCUT2D eigenvalue weighted by atomic mass is 10.2. The highest BCUT2D eigenvalue weighted by atomic mass is 15.1. The molecule has 0 aliphatic carbocycles. The molecule has 0 saturated carbocycles. The van der Waals surface area contributed by atoms with Crippen LogP contribution >= 0.6 is 0 Å². The molecule has 0 saturated heterocycles. The maximum atomic E-state index is 9.22. The summed E-state index contributed by atoms with van der Waals surface area (Å²) >= 11 is 0. The average molecular weight is 392 g/mol. The molecule has 0 amide bonds. The lowest BCUT2D eigenvalue weighted by Gasteiger charge is -2.11. The first-order valence-electron chi connectivity index (χ1n) is 10.0. The summed E-state index contributed by atoms with van der Waals surface area (Å²) in [5, 5.41) is 10.3. The fourth-order valence-electron chi connectivity index (χ4n) is 3.86. The molecule has 0 N–H and O–H groups in total. The van der Waals surface area contributed by atoms with Crippen molar-refractivity contribution < 1.29 is 0 Å². The van der Waals surface area contributed by atoms with Gasteiger partial charge < -0.3 is 9.13 Å². The van der Waals surface area contributed by atoms with Crippen LogP contribution < -0.4 is 0 Å². The zero-order valence-electron chi connectivity index (χ0n) is 16.7. The summed E-state index contributed by atoms with van der Waals surface area (Å²) in [6.07, 6.45) is 4.76. The van der Waals surface area contributed by atoms with E-state index < -0.39 is 0 Å². The smallest absolute Gasteiger partial charge is 0.159 e. The van der Waals surface area contributed by atoms with Gasteiger partial charge in [-0.25, -0.2) is 15.0 Å². The molecule has 0 spiro atoms. The van der Waals surface area contributed by atoms with Gasteiger partial charge in [0.1, 0.15) is 11.5 Å². The Morgan fingerprint density at radius 3 is 2.77 bits per heavy atom. The highest BCUT2D eigenvalue weighted by molar-refractivity contribution is 5.81. The maximum Gasteiger partial charge on any atom is 0.159 e. The predicted molar refractivity (Wildman–Crippen MR) is 117 cm³/mol. The minimum atomic E-state index is 0.584. The number of nitrogens with zero attached hydrogens (tertiary/aromatic N) is 6. The number of hydrogen-bond acceptors (Lipinski definition) is 4. The summed E-state index contributed by atoms with van der Waals surface area (Å²) in [4.78, 5) is 14.2. The molecule has 6 nitrogen and oxygen atoms in total. The van der Waals surface area contributed by atoms with Gasteiger partial charge in [0, 0.05) is 24.3 Å². The van der Waals surface area contributed by atoms with Crippen LogP contribution in [-0.2, 0) is 13.1 Å². The molecule has 0 aliphatic heterocycles. The lowest BCUT2D eigenvalue weighted by Crippen LogP contribution is -2.09. The molecular formula is C24H20N6. The van der Waals surface area contributed by atoms with E-state index in [4.69, 9.17) is 9.97 Å². The van der Waals surface area contributed by atoms with Crippen molar-refractivity contribution in [3.05, 3.63) is 78.4 Å². The van der Waals surface area contributed by atoms with Crippen LogP contribution in [0.3, 0.4) is 0 Å². The summed E-state index contributed by atoms with van der Waals surface area (Å²) in [6.45, 7) is 3.61. The third kappa shape index (κ3) is 3.11. The number of hydrogen-bond donors (Lipinski definition) is 0. The first-order valence-corrected chi connectivity index (χ1v) is 10.0. The van der Waals surface area contributed by atoms with Crippen molar-refractivity contribution in [2.45, 2.75) is 26.4 Å². The molecule has 5 aromatic rings. The Morgan fingerprint density at radius 2 is 1.90 bits per heavy atom. The highest BCUT2D eigenvalue weighted by Gasteiger charge is 2.15. The molecule has 3 aromatic heterocycles. The largest absolute Gasteiger partial charge is 0.326 e. The van der Waals surface area contributed by atoms with Gasteiger partial charge in [0.05, 0.1) is 34.7 Å². The molecule has 0 aliphatic rings. The van der Waals surface area contributed by atoms with Crippen molar-refractivity contribution in [2.24, 2.45) is 0 Å². The van der Waals surface area contributed by atoms with Crippen molar-refractivity contribution in [3.63, 3.8) is 0 Å². The summed E-state index contributed by atoms with van der Waals surface area (Å²) < 4.78 is 4.31. The fourth-order valence-corrected chi connectivity index (χ4v) is 3.86. The quantitative estimate of drug-likeness (QED) is 0.432. The minimum absolute atomic E-state index is 0.584. The first kappa shape index (κ1) is 18.1. The van der Waals surface area contributed by atoms with Gasteiger partial charge in [0.15, 0.2) is 5.82 Å². The SMILES string of the molecule is CCCn1c(Cn2ccnc2-c2ccc3ccccc3n2)nc2cc(C#N)ccc21. The summed E-state index contributed by atoms with van der Waals surface area (Å²) in [6, 6.07) is 20.0. The number of aromatic nitrogens is 5. The minimum Gasteiger partial charge on any atom is -0.326 e. The molecule has 0 fully saturated rings. The molecule has 2 aromatic carbocycles. The molecule has 3 heterocycles. The predicted octanol–water partition coefficient (Wildman–Crippen LogP) is 4.78. The zero-order chi connectivity index (χ0) is 20.5. The van der Waals surface area contributed by atoms with E-state index in [1.54, 1.807) is 6.20 Å². The van der Waals surface area contributed by atoms with Gasteiger partial charge in [-0.2, -0.15) is 5.26 Å². The van der Waals surface area contributed by atoms with E-state index in [9.17, 15) is 5.26 Å². The van der Waals surface area contributed by atoms with Crippen LogP contribution in [0.25, 0.3) is 33.5 Å². The van der Waals surface area contributed by atoms with E-state index in [2.05, 4.69) is 39.2 Å². The molecular weight excluding hydrogens is 372 g/mol.